The Balaban J connectivity index is 2.07. The number of piperazine rings is 1. The number of thioether (sulfide) groups is 1. The monoisotopic (exact) mass is 285 g/mol. The summed E-state index contributed by atoms with van der Waals surface area (Å²) < 4.78 is 1.87. The molecule has 0 radical (unpaired) electrons. The summed E-state index contributed by atoms with van der Waals surface area (Å²) in [6.45, 7) is 5.00. The summed E-state index contributed by atoms with van der Waals surface area (Å²) in [4.78, 5) is 15.1. The van der Waals surface area contributed by atoms with E-state index in [0.717, 1.165) is 25.6 Å². The largest absolute Gasteiger partial charge is 0.481 e. The first-order valence-corrected chi connectivity index (χ1v) is 7.16. The van der Waals surface area contributed by atoms with Crippen LogP contribution in [0.4, 0.5) is 5.95 Å². The molecular weight excluding hydrogens is 266 g/mol. The Morgan fingerprint density at radius 2 is 2.16 bits per heavy atom. The standard InChI is InChI=1S/C11H19N5O2S/c1-8-6-16(5-4-14(8)2)10-12-13-11(15(10)3)19-7-9(17)18/h8H,4-7H2,1-3H3,(H,17,18). The number of nitrogens with zero attached hydrogens (tertiary/aromatic N) is 5. The van der Waals surface area contributed by atoms with Crippen LogP contribution in [0.25, 0.3) is 0 Å². The van der Waals surface area contributed by atoms with E-state index in [2.05, 4.69) is 34.0 Å². The van der Waals surface area contributed by atoms with Gasteiger partial charge < -0.3 is 14.9 Å². The molecule has 2 rings (SSSR count). The molecule has 0 saturated carbocycles. The van der Waals surface area contributed by atoms with Gasteiger partial charge in [-0.3, -0.25) is 9.36 Å². The quantitative estimate of drug-likeness (QED) is 0.788. The van der Waals surface area contributed by atoms with Crippen molar-refractivity contribution in [1.29, 1.82) is 0 Å². The van der Waals surface area contributed by atoms with Gasteiger partial charge in [0.25, 0.3) is 0 Å². The van der Waals surface area contributed by atoms with Crippen molar-refractivity contribution < 1.29 is 9.90 Å². The Hall–Kier alpha value is -1.28. The first-order valence-electron chi connectivity index (χ1n) is 6.18. The smallest absolute Gasteiger partial charge is 0.313 e. The summed E-state index contributed by atoms with van der Waals surface area (Å²) in [5.74, 6) is -0.0268. The zero-order valence-electron chi connectivity index (χ0n) is 11.4. The molecule has 0 amide bonds. The van der Waals surface area contributed by atoms with Crippen molar-refractivity contribution in [3.63, 3.8) is 0 Å². The number of hydrogen-bond acceptors (Lipinski definition) is 6. The fourth-order valence-electron chi connectivity index (χ4n) is 2.06. The van der Waals surface area contributed by atoms with Gasteiger partial charge >= 0.3 is 5.97 Å². The van der Waals surface area contributed by atoms with Gasteiger partial charge in [-0.2, -0.15) is 0 Å². The molecule has 8 heteroatoms. The van der Waals surface area contributed by atoms with Gasteiger partial charge in [0.05, 0.1) is 5.75 Å². The van der Waals surface area contributed by atoms with E-state index in [1.807, 2.05) is 11.6 Å². The molecule has 7 nitrogen and oxygen atoms in total. The summed E-state index contributed by atoms with van der Waals surface area (Å²) in [6, 6.07) is 0.473. The number of rotatable bonds is 4. The zero-order chi connectivity index (χ0) is 14.0. The fraction of sp³-hybridized carbons (Fsp3) is 0.727. The van der Waals surface area contributed by atoms with Crippen molar-refractivity contribution in [3.8, 4) is 0 Å². The van der Waals surface area contributed by atoms with E-state index in [-0.39, 0.29) is 5.75 Å². The number of hydrogen-bond donors (Lipinski definition) is 1. The predicted octanol–water partition coefficient (Wildman–Crippen LogP) is 0.132. The van der Waals surface area contributed by atoms with Gasteiger partial charge in [0, 0.05) is 32.7 Å². The van der Waals surface area contributed by atoms with Gasteiger partial charge in [0.15, 0.2) is 5.16 Å². The average Bonchev–Trinajstić information content (AvgIpc) is 2.72. The summed E-state index contributed by atoms with van der Waals surface area (Å²) in [6.07, 6.45) is 0. The normalized spacial score (nSPS) is 20.8. The second kappa shape index (κ2) is 5.79. The van der Waals surface area contributed by atoms with Crippen LogP contribution in [0, 0.1) is 0 Å². The Morgan fingerprint density at radius 3 is 2.79 bits per heavy atom. The second-order valence-corrected chi connectivity index (χ2v) is 5.74. The third-order valence-electron chi connectivity index (χ3n) is 3.38. The van der Waals surface area contributed by atoms with Crippen molar-refractivity contribution in [2.75, 3.05) is 37.3 Å². The molecule has 1 aromatic rings. The number of carboxylic acid groups (broad SMARTS) is 1. The molecule has 106 valence electrons. The molecular formula is C11H19N5O2S. The summed E-state index contributed by atoms with van der Waals surface area (Å²) in [5.41, 5.74) is 0. The zero-order valence-corrected chi connectivity index (χ0v) is 12.2. The molecule has 1 aliphatic rings. The average molecular weight is 285 g/mol. The highest BCUT2D eigenvalue weighted by Gasteiger charge is 2.24. The summed E-state index contributed by atoms with van der Waals surface area (Å²) in [7, 11) is 4.00. The van der Waals surface area contributed by atoms with Gasteiger partial charge in [-0.15, -0.1) is 10.2 Å². The van der Waals surface area contributed by atoms with Crippen LogP contribution < -0.4 is 4.90 Å². The lowest BCUT2D eigenvalue weighted by molar-refractivity contribution is -0.133. The molecule has 19 heavy (non-hydrogen) atoms. The number of aromatic nitrogens is 3. The molecule has 0 aromatic carbocycles. The molecule has 1 aliphatic heterocycles. The van der Waals surface area contributed by atoms with Gasteiger partial charge in [0.1, 0.15) is 0 Å². The Bertz CT molecular complexity index is 464. The molecule has 1 saturated heterocycles. The number of likely N-dealkylation sites (N-methyl/N-ethyl adjacent to an activating group) is 1. The maximum atomic E-state index is 10.6. The van der Waals surface area contributed by atoms with Crippen LogP contribution in [-0.4, -0.2) is 69.2 Å². The van der Waals surface area contributed by atoms with Crippen LogP contribution in [-0.2, 0) is 11.8 Å². The first kappa shape index (κ1) is 14.1. The molecule has 0 bridgehead atoms. The second-order valence-electron chi connectivity index (χ2n) is 4.80. The highest BCUT2D eigenvalue weighted by atomic mass is 32.2. The highest BCUT2D eigenvalue weighted by molar-refractivity contribution is 7.99. The third kappa shape index (κ3) is 3.19. The number of carboxylic acids is 1. The van der Waals surface area contributed by atoms with Crippen LogP contribution in [0.2, 0.25) is 0 Å². The van der Waals surface area contributed by atoms with Crippen LogP contribution in [0.5, 0.6) is 0 Å². The maximum absolute atomic E-state index is 10.6. The van der Waals surface area contributed by atoms with Crippen molar-refractivity contribution in [2.24, 2.45) is 7.05 Å². The van der Waals surface area contributed by atoms with E-state index in [4.69, 9.17) is 5.11 Å². The fourth-order valence-corrected chi connectivity index (χ4v) is 2.69. The lowest BCUT2D eigenvalue weighted by Gasteiger charge is -2.37. The number of anilines is 1. The van der Waals surface area contributed by atoms with Crippen molar-refractivity contribution >= 4 is 23.7 Å². The van der Waals surface area contributed by atoms with Crippen LogP contribution in [0.1, 0.15) is 6.92 Å². The molecule has 1 aromatic heterocycles. The Labute approximate surface area is 116 Å². The molecule has 1 N–H and O–H groups in total. The maximum Gasteiger partial charge on any atom is 0.313 e. The van der Waals surface area contributed by atoms with E-state index in [9.17, 15) is 4.79 Å². The van der Waals surface area contributed by atoms with Gasteiger partial charge in [0.2, 0.25) is 5.95 Å². The lowest BCUT2D eigenvalue weighted by Crippen LogP contribution is -2.50. The molecule has 1 fully saturated rings. The number of aliphatic carboxylic acids is 1. The molecule has 0 spiro atoms. The van der Waals surface area contributed by atoms with Crippen molar-refractivity contribution in [2.45, 2.75) is 18.1 Å². The minimum Gasteiger partial charge on any atom is -0.481 e. The minimum atomic E-state index is -0.845. The van der Waals surface area contributed by atoms with Crippen molar-refractivity contribution in [3.05, 3.63) is 0 Å². The minimum absolute atomic E-state index is 0.00507. The molecule has 1 unspecified atom stereocenters. The van der Waals surface area contributed by atoms with Crippen molar-refractivity contribution in [1.82, 2.24) is 19.7 Å². The topological polar surface area (TPSA) is 74.5 Å². The van der Waals surface area contributed by atoms with Gasteiger partial charge in [-0.05, 0) is 14.0 Å². The Kier molecular flexibility index (Phi) is 4.31. The van der Waals surface area contributed by atoms with Crippen LogP contribution in [0.15, 0.2) is 5.16 Å². The van der Waals surface area contributed by atoms with E-state index in [0.29, 0.717) is 11.2 Å². The summed E-state index contributed by atoms with van der Waals surface area (Å²) in [5, 5.41) is 17.6. The van der Waals surface area contributed by atoms with Gasteiger partial charge in [-0.1, -0.05) is 11.8 Å². The predicted molar refractivity (Wildman–Crippen MR) is 73.7 cm³/mol. The van der Waals surface area contributed by atoms with Crippen LogP contribution >= 0.6 is 11.8 Å². The molecule has 0 aliphatic carbocycles. The van der Waals surface area contributed by atoms with E-state index >= 15 is 0 Å². The van der Waals surface area contributed by atoms with E-state index in [1.54, 1.807) is 0 Å². The third-order valence-corrected chi connectivity index (χ3v) is 4.38. The lowest BCUT2D eigenvalue weighted by atomic mass is 10.2. The number of carbonyl (C=O) groups is 1. The highest BCUT2D eigenvalue weighted by Crippen LogP contribution is 2.22. The van der Waals surface area contributed by atoms with Crippen LogP contribution in [0.3, 0.4) is 0 Å². The molecule has 2 heterocycles. The Morgan fingerprint density at radius 1 is 1.42 bits per heavy atom. The van der Waals surface area contributed by atoms with E-state index < -0.39 is 5.97 Å². The van der Waals surface area contributed by atoms with Gasteiger partial charge in [-0.25, -0.2) is 0 Å². The SMILES string of the molecule is CC1CN(c2nnc(SCC(=O)O)n2C)CCN1C. The molecule has 1 atom stereocenters. The first-order chi connectivity index (χ1) is 8.99. The van der Waals surface area contributed by atoms with E-state index in [1.165, 1.54) is 11.8 Å². The summed E-state index contributed by atoms with van der Waals surface area (Å²) >= 11 is 1.19.